The van der Waals surface area contributed by atoms with Gasteiger partial charge < -0.3 is 4.42 Å². The summed E-state index contributed by atoms with van der Waals surface area (Å²) < 4.78 is 5.43. The third kappa shape index (κ3) is 2.44. The fourth-order valence-electron chi connectivity index (χ4n) is 3.11. The first-order valence-electron chi connectivity index (χ1n) is 7.31. The number of benzene rings is 1. The lowest BCUT2D eigenvalue weighted by Gasteiger charge is -2.12. The minimum Gasteiger partial charge on any atom is -0.466 e. The van der Waals surface area contributed by atoms with Crippen molar-refractivity contribution in [2.45, 2.75) is 33.1 Å². The molecule has 2 aromatic rings. The third-order valence-electron chi connectivity index (χ3n) is 4.16. The molecule has 1 aromatic carbocycles. The lowest BCUT2D eigenvalue weighted by molar-refractivity contribution is 0.0801. The van der Waals surface area contributed by atoms with Crippen LogP contribution < -0.4 is 0 Å². The summed E-state index contributed by atoms with van der Waals surface area (Å²) in [6.45, 7) is 3.59. The van der Waals surface area contributed by atoms with Gasteiger partial charge in [0.25, 0.3) is 0 Å². The summed E-state index contributed by atoms with van der Waals surface area (Å²) in [7, 11) is 0. The zero-order chi connectivity index (χ0) is 15.0. The second-order valence-electron chi connectivity index (χ2n) is 5.66. The topological polar surface area (TPSA) is 47.3 Å². The van der Waals surface area contributed by atoms with Crippen LogP contribution in [0.3, 0.4) is 0 Å². The Hall–Kier alpha value is -2.16. The van der Waals surface area contributed by atoms with Gasteiger partial charge >= 0.3 is 0 Å². The van der Waals surface area contributed by atoms with Crippen molar-refractivity contribution in [2.24, 2.45) is 5.92 Å². The van der Waals surface area contributed by atoms with Crippen LogP contribution in [0.5, 0.6) is 0 Å². The summed E-state index contributed by atoms with van der Waals surface area (Å²) in [6, 6.07) is 9.35. The lowest BCUT2D eigenvalue weighted by atomic mass is 9.88. The summed E-state index contributed by atoms with van der Waals surface area (Å²) in [5, 5.41) is 0. The first kappa shape index (κ1) is 13.8. The average molecular weight is 282 g/mol. The maximum Gasteiger partial charge on any atom is 0.177 e. The van der Waals surface area contributed by atoms with E-state index < -0.39 is 5.92 Å². The van der Waals surface area contributed by atoms with Crippen LogP contribution in [-0.4, -0.2) is 11.6 Å². The largest absolute Gasteiger partial charge is 0.466 e. The number of aryl methyl sites for hydroxylation is 3. The van der Waals surface area contributed by atoms with Gasteiger partial charge in [-0.05, 0) is 44.7 Å². The number of hydrogen-bond donors (Lipinski definition) is 0. The van der Waals surface area contributed by atoms with Crippen molar-refractivity contribution < 1.29 is 14.0 Å². The fourth-order valence-corrected chi connectivity index (χ4v) is 3.11. The molecular weight excluding hydrogens is 264 g/mol. The lowest BCUT2D eigenvalue weighted by Crippen LogP contribution is -2.24. The molecule has 1 aliphatic carbocycles. The standard InChI is InChI=1S/C18H18O3/c1-11-10-16(12(2)21-11)18(20)15-9-5-7-13-6-3-4-8-14(13)17(15)19/h3-4,6,8,10,15H,5,7,9H2,1-2H3. The molecule has 0 aliphatic heterocycles. The van der Waals surface area contributed by atoms with Crippen LogP contribution in [0.2, 0.25) is 0 Å². The maximum atomic E-state index is 12.7. The van der Waals surface area contributed by atoms with Crippen molar-refractivity contribution in [1.82, 2.24) is 0 Å². The van der Waals surface area contributed by atoms with Crippen molar-refractivity contribution in [3.8, 4) is 0 Å². The summed E-state index contributed by atoms with van der Waals surface area (Å²) in [5.74, 6) is 0.571. The van der Waals surface area contributed by atoms with E-state index in [0.29, 0.717) is 29.1 Å². The molecule has 0 N–H and O–H groups in total. The van der Waals surface area contributed by atoms with Crippen molar-refractivity contribution in [2.75, 3.05) is 0 Å². The van der Waals surface area contributed by atoms with E-state index in [9.17, 15) is 9.59 Å². The molecule has 3 nitrogen and oxygen atoms in total. The number of carbonyl (C=O) groups is 2. The molecular formula is C18H18O3. The number of fused-ring (bicyclic) bond motifs is 1. The molecule has 1 aliphatic rings. The van der Waals surface area contributed by atoms with Crippen molar-refractivity contribution in [1.29, 1.82) is 0 Å². The number of rotatable bonds is 2. The molecule has 1 aromatic heterocycles. The van der Waals surface area contributed by atoms with E-state index in [1.54, 1.807) is 13.0 Å². The predicted molar refractivity (Wildman–Crippen MR) is 79.7 cm³/mol. The maximum absolute atomic E-state index is 12.7. The van der Waals surface area contributed by atoms with Crippen LogP contribution in [0, 0.1) is 19.8 Å². The van der Waals surface area contributed by atoms with Gasteiger partial charge in [-0.2, -0.15) is 0 Å². The van der Waals surface area contributed by atoms with Crippen LogP contribution in [0.1, 0.15) is 50.6 Å². The van der Waals surface area contributed by atoms with Gasteiger partial charge in [0.05, 0.1) is 11.5 Å². The zero-order valence-corrected chi connectivity index (χ0v) is 12.3. The second kappa shape index (κ2) is 5.32. The molecule has 3 rings (SSSR count). The quantitative estimate of drug-likeness (QED) is 0.476. The van der Waals surface area contributed by atoms with Crippen molar-refractivity contribution >= 4 is 11.6 Å². The van der Waals surface area contributed by atoms with Gasteiger partial charge in [0.2, 0.25) is 0 Å². The van der Waals surface area contributed by atoms with Gasteiger partial charge in [-0.3, -0.25) is 9.59 Å². The number of carbonyl (C=O) groups excluding carboxylic acids is 2. The van der Waals surface area contributed by atoms with E-state index in [1.807, 2.05) is 31.2 Å². The van der Waals surface area contributed by atoms with Gasteiger partial charge in [0, 0.05) is 5.56 Å². The fraction of sp³-hybridized carbons (Fsp3) is 0.333. The van der Waals surface area contributed by atoms with E-state index in [-0.39, 0.29) is 11.6 Å². The minimum absolute atomic E-state index is 0.0497. The molecule has 1 atom stereocenters. The molecule has 108 valence electrons. The van der Waals surface area contributed by atoms with Gasteiger partial charge in [0.15, 0.2) is 11.6 Å². The van der Waals surface area contributed by atoms with Gasteiger partial charge in [0.1, 0.15) is 11.5 Å². The van der Waals surface area contributed by atoms with Gasteiger partial charge in [-0.25, -0.2) is 0 Å². The smallest absolute Gasteiger partial charge is 0.177 e. The highest BCUT2D eigenvalue weighted by atomic mass is 16.3. The third-order valence-corrected chi connectivity index (χ3v) is 4.16. The molecule has 0 spiro atoms. The Balaban J connectivity index is 1.98. The summed E-state index contributed by atoms with van der Waals surface area (Å²) in [4.78, 5) is 25.4. The Bertz CT molecular complexity index is 709. The molecule has 0 saturated carbocycles. The van der Waals surface area contributed by atoms with Crippen molar-refractivity contribution in [3.05, 3.63) is 58.5 Å². The minimum atomic E-state index is -0.579. The average Bonchev–Trinajstić information content (AvgIpc) is 2.71. The Kier molecular flexibility index (Phi) is 3.50. The first-order chi connectivity index (χ1) is 10.1. The Morgan fingerprint density at radius 1 is 1.24 bits per heavy atom. The Morgan fingerprint density at radius 3 is 2.71 bits per heavy atom. The number of hydrogen-bond acceptors (Lipinski definition) is 3. The summed E-state index contributed by atoms with van der Waals surface area (Å²) in [5.41, 5.74) is 2.30. The SMILES string of the molecule is Cc1cc(C(=O)C2CCCc3ccccc3C2=O)c(C)o1. The Labute approximate surface area is 124 Å². The second-order valence-corrected chi connectivity index (χ2v) is 5.66. The van der Waals surface area contributed by atoms with Crippen LogP contribution in [0.15, 0.2) is 34.7 Å². The molecule has 0 saturated heterocycles. The molecule has 0 bridgehead atoms. The van der Waals surface area contributed by atoms with Gasteiger partial charge in [-0.1, -0.05) is 24.3 Å². The molecule has 0 fully saturated rings. The molecule has 21 heavy (non-hydrogen) atoms. The predicted octanol–water partition coefficient (Wildman–Crippen LogP) is 3.91. The highest BCUT2D eigenvalue weighted by Crippen LogP contribution is 2.28. The number of Topliss-reactive ketones (excluding diaryl/α,β-unsaturated/α-hetero) is 2. The van der Waals surface area contributed by atoms with E-state index in [1.165, 1.54) is 0 Å². The molecule has 0 amide bonds. The number of furan rings is 1. The molecule has 3 heteroatoms. The van der Waals surface area contributed by atoms with E-state index in [4.69, 9.17) is 4.42 Å². The van der Waals surface area contributed by atoms with Crippen LogP contribution >= 0.6 is 0 Å². The summed E-state index contributed by atoms with van der Waals surface area (Å²) >= 11 is 0. The van der Waals surface area contributed by atoms with E-state index in [0.717, 1.165) is 18.4 Å². The van der Waals surface area contributed by atoms with Crippen LogP contribution in [0.25, 0.3) is 0 Å². The summed E-state index contributed by atoms with van der Waals surface area (Å²) in [6.07, 6.45) is 2.32. The van der Waals surface area contributed by atoms with E-state index in [2.05, 4.69) is 0 Å². The zero-order valence-electron chi connectivity index (χ0n) is 12.3. The normalized spacial score (nSPS) is 18.2. The van der Waals surface area contributed by atoms with Crippen LogP contribution in [-0.2, 0) is 6.42 Å². The molecule has 1 heterocycles. The van der Waals surface area contributed by atoms with E-state index >= 15 is 0 Å². The van der Waals surface area contributed by atoms with Gasteiger partial charge in [-0.15, -0.1) is 0 Å². The first-order valence-corrected chi connectivity index (χ1v) is 7.31. The number of ketones is 2. The highest BCUT2D eigenvalue weighted by molar-refractivity contribution is 6.17. The molecule has 1 unspecified atom stereocenters. The monoisotopic (exact) mass is 282 g/mol. The highest BCUT2D eigenvalue weighted by Gasteiger charge is 2.32. The molecule has 0 radical (unpaired) electrons. The van der Waals surface area contributed by atoms with Crippen LogP contribution in [0.4, 0.5) is 0 Å². The Morgan fingerprint density at radius 2 is 2.00 bits per heavy atom. The van der Waals surface area contributed by atoms with Crippen molar-refractivity contribution in [3.63, 3.8) is 0 Å².